The van der Waals surface area contributed by atoms with Gasteiger partial charge < -0.3 is 19.2 Å². The number of benzene rings is 2. The van der Waals surface area contributed by atoms with Gasteiger partial charge in [0, 0.05) is 33.8 Å². The molecule has 0 spiro atoms. The van der Waals surface area contributed by atoms with Gasteiger partial charge >= 0.3 is 5.97 Å². The predicted molar refractivity (Wildman–Crippen MR) is 106 cm³/mol. The lowest BCUT2D eigenvalue weighted by molar-refractivity contribution is -0.145. The third-order valence-electron chi connectivity index (χ3n) is 4.65. The monoisotopic (exact) mass is 381 g/mol. The Bertz CT molecular complexity index is 1020. The van der Waals surface area contributed by atoms with Crippen LogP contribution in [0.5, 0.6) is 11.5 Å². The number of esters is 1. The van der Waals surface area contributed by atoms with Gasteiger partial charge in [0.25, 0.3) is 0 Å². The van der Waals surface area contributed by atoms with Gasteiger partial charge in [-0.2, -0.15) is 0 Å². The number of fused-ring (bicyclic) bond motifs is 1. The maximum atomic E-state index is 12.9. The van der Waals surface area contributed by atoms with Crippen LogP contribution in [0, 0.1) is 6.92 Å². The van der Waals surface area contributed by atoms with Crippen LogP contribution >= 0.6 is 0 Å². The lowest BCUT2D eigenvalue weighted by Crippen LogP contribution is -2.25. The number of hydrogen-bond acceptors (Lipinski definition) is 5. The number of ether oxygens (including phenoxy) is 3. The second-order valence-corrected chi connectivity index (χ2v) is 6.52. The molecule has 0 aliphatic carbocycles. The van der Waals surface area contributed by atoms with Crippen LogP contribution in [0.15, 0.2) is 42.5 Å². The van der Waals surface area contributed by atoms with E-state index in [0.717, 1.165) is 16.6 Å². The molecule has 3 aromatic rings. The molecule has 6 nitrogen and oxygen atoms in total. The van der Waals surface area contributed by atoms with Gasteiger partial charge in [-0.05, 0) is 26.0 Å². The summed E-state index contributed by atoms with van der Waals surface area (Å²) in [6.45, 7) is 3.43. The number of aryl methyl sites for hydroxylation is 1. The number of aromatic amines is 1. The van der Waals surface area contributed by atoms with E-state index in [-0.39, 0.29) is 12.2 Å². The molecule has 0 bridgehead atoms. The average Bonchev–Trinajstić information content (AvgIpc) is 3.03. The Morgan fingerprint density at radius 2 is 1.82 bits per heavy atom. The fourth-order valence-corrected chi connectivity index (χ4v) is 3.24. The fraction of sp³-hybridized carbons (Fsp3) is 0.273. The minimum absolute atomic E-state index is 0.00233. The number of carbonyl (C=O) groups is 2. The second-order valence-electron chi connectivity index (χ2n) is 6.52. The lowest BCUT2D eigenvalue weighted by Gasteiger charge is -2.14. The normalized spacial score (nSPS) is 11.9. The summed E-state index contributed by atoms with van der Waals surface area (Å²) in [6, 6.07) is 12.8. The van der Waals surface area contributed by atoms with Crippen LogP contribution in [-0.4, -0.2) is 37.1 Å². The van der Waals surface area contributed by atoms with Crippen LogP contribution in [-0.2, 0) is 16.0 Å². The highest BCUT2D eigenvalue weighted by Crippen LogP contribution is 2.26. The molecule has 0 amide bonds. The van der Waals surface area contributed by atoms with Gasteiger partial charge in [-0.15, -0.1) is 0 Å². The average molecular weight is 381 g/mol. The Morgan fingerprint density at radius 1 is 1.07 bits per heavy atom. The molecule has 0 radical (unpaired) electrons. The zero-order chi connectivity index (χ0) is 20.3. The summed E-state index contributed by atoms with van der Waals surface area (Å²) < 4.78 is 15.9. The van der Waals surface area contributed by atoms with E-state index in [4.69, 9.17) is 14.2 Å². The van der Waals surface area contributed by atoms with Crippen molar-refractivity contribution in [2.24, 2.45) is 0 Å². The van der Waals surface area contributed by atoms with Gasteiger partial charge in [0.15, 0.2) is 6.10 Å². The van der Waals surface area contributed by atoms with E-state index in [1.54, 1.807) is 32.2 Å². The number of H-pyrrole nitrogens is 1. The molecule has 1 aromatic heterocycles. The molecule has 0 fully saturated rings. The Labute approximate surface area is 163 Å². The lowest BCUT2D eigenvalue weighted by atomic mass is 10.0. The summed E-state index contributed by atoms with van der Waals surface area (Å²) in [5.41, 5.74) is 2.85. The van der Waals surface area contributed by atoms with E-state index < -0.39 is 12.1 Å². The van der Waals surface area contributed by atoms with Crippen molar-refractivity contribution in [3.05, 3.63) is 59.3 Å². The molecule has 0 saturated heterocycles. The van der Waals surface area contributed by atoms with Crippen molar-refractivity contribution >= 4 is 22.7 Å². The van der Waals surface area contributed by atoms with Gasteiger partial charge in [0.2, 0.25) is 5.78 Å². The number of rotatable bonds is 7. The maximum absolute atomic E-state index is 12.9. The second kappa shape index (κ2) is 8.17. The topological polar surface area (TPSA) is 77.6 Å². The van der Waals surface area contributed by atoms with Crippen LogP contribution in [0.2, 0.25) is 0 Å². The van der Waals surface area contributed by atoms with Crippen molar-refractivity contribution in [2.45, 2.75) is 26.4 Å². The van der Waals surface area contributed by atoms with Crippen LogP contribution in [0.4, 0.5) is 0 Å². The standard InChI is InChI=1S/C22H23NO5/c1-13-21(17-7-5-6-8-18(17)23-13)22(25)14(2)28-20(24)11-15-9-10-16(26-3)12-19(15)27-4/h5-10,12,14,23H,11H2,1-4H3. The summed E-state index contributed by atoms with van der Waals surface area (Å²) in [6.07, 6.45) is -0.896. The molecule has 1 N–H and O–H groups in total. The number of methoxy groups -OCH3 is 2. The minimum Gasteiger partial charge on any atom is -0.497 e. The molecule has 1 unspecified atom stereocenters. The Kier molecular flexibility index (Phi) is 5.68. The number of Topliss-reactive ketones (excluding diaryl/α,β-unsaturated/α-hetero) is 1. The van der Waals surface area contributed by atoms with Crippen molar-refractivity contribution in [1.82, 2.24) is 4.98 Å². The molecule has 1 atom stereocenters. The molecule has 0 saturated carbocycles. The van der Waals surface area contributed by atoms with Gasteiger partial charge in [-0.3, -0.25) is 9.59 Å². The first-order chi connectivity index (χ1) is 13.4. The number of para-hydroxylation sites is 1. The molecule has 3 rings (SSSR count). The highest BCUT2D eigenvalue weighted by molar-refractivity contribution is 6.11. The van der Waals surface area contributed by atoms with E-state index in [1.807, 2.05) is 31.2 Å². The van der Waals surface area contributed by atoms with E-state index in [9.17, 15) is 9.59 Å². The van der Waals surface area contributed by atoms with E-state index in [1.165, 1.54) is 7.11 Å². The molecule has 1 heterocycles. The zero-order valence-corrected chi connectivity index (χ0v) is 16.4. The van der Waals surface area contributed by atoms with Crippen LogP contribution in [0.25, 0.3) is 10.9 Å². The van der Waals surface area contributed by atoms with Gasteiger partial charge in [-0.1, -0.05) is 24.3 Å². The van der Waals surface area contributed by atoms with Crippen molar-refractivity contribution < 1.29 is 23.8 Å². The summed E-state index contributed by atoms with van der Waals surface area (Å²) >= 11 is 0. The van der Waals surface area contributed by atoms with E-state index in [0.29, 0.717) is 22.6 Å². The quantitative estimate of drug-likeness (QED) is 0.497. The molecule has 0 aliphatic heterocycles. The molecule has 28 heavy (non-hydrogen) atoms. The minimum atomic E-state index is -0.894. The highest BCUT2D eigenvalue weighted by Gasteiger charge is 2.24. The summed E-state index contributed by atoms with van der Waals surface area (Å²) in [7, 11) is 3.08. The molecule has 6 heteroatoms. The summed E-state index contributed by atoms with van der Waals surface area (Å²) in [5.74, 6) is 0.432. The number of nitrogens with one attached hydrogen (secondary N) is 1. The van der Waals surface area contributed by atoms with Crippen molar-refractivity contribution in [3.63, 3.8) is 0 Å². The van der Waals surface area contributed by atoms with Crippen LogP contribution in [0.1, 0.15) is 28.5 Å². The largest absolute Gasteiger partial charge is 0.497 e. The van der Waals surface area contributed by atoms with E-state index >= 15 is 0 Å². The smallest absolute Gasteiger partial charge is 0.311 e. The first kappa shape index (κ1) is 19.5. The van der Waals surface area contributed by atoms with Crippen molar-refractivity contribution in [1.29, 1.82) is 0 Å². The van der Waals surface area contributed by atoms with Crippen molar-refractivity contribution in [3.8, 4) is 11.5 Å². The number of ketones is 1. The molecular weight excluding hydrogens is 358 g/mol. The number of aromatic nitrogens is 1. The molecule has 146 valence electrons. The number of carbonyl (C=O) groups excluding carboxylic acids is 2. The summed E-state index contributed by atoms with van der Waals surface area (Å²) in [5, 5.41) is 0.824. The third kappa shape index (κ3) is 3.86. The maximum Gasteiger partial charge on any atom is 0.311 e. The predicted octanol–water partition coefficient (Wildman–Crippen LogP) is 3.85. The van der Waals surface area contributed by atoms with E-state index in [2.05, 4.69) is 4.98 Å². The number of hydrogen-bond donors (Lipinski definition) is 1. The Morgan fingerprint density at radius 3 is 2.54 bits per heavy atom. The van der Waals surface area contributed by atoms with Gasteiger partial charge in [0.1, 0.15) is 11.5 Å². The Hall–Kier alpha value is -3.28. The van der Waals surface area contributed by atoms with Crippen molar-refractivity contribution in [2.75, 3.05) is 14.2 Å². The SMILES string of the molecule is COc1ccc(CC(=O)OC(C)C(=O)c2c(C)[nH]c3ccccc23)c(OC)c1. The molecule has 2 aromatic carbocycles. The van der Waals surface area contributed by atoms with Gasteiger partial charge in [-0.25, -0.2) is 0 Å². The first-order valence-corrected chi connectivity index (χ1v) is 8.96. The summed E-state index contributed by atoms with van der Waals surface area (Å²) in [4.78, 5) is 28.5. The fourth-order valence-electron chi connectivity index (χ4n) is 3.24. The van der Waals surface area contributed by atoms with Crippen LogP contribution < -0.4 is 9.47 Å². The highest BCUT2D eigenvalue weighted by atomic mass is 16.5. The zero-order valence-electron chi connectivity index (χ0n) is 16.4. The third-order valence-corrected chi connectivity index (χ3v) is 4.65. The first-order valence-electron chi connectivity index (χ1n) is 8.96. The Balaban J connectivity index is 1.74. The van der Waals surface area contributed by atoms with Gasteiger partial charge in [0.05, 0.1) is 20.6 Å². The van der Waals surface area contributed by atoms with Crippen LogP contribution in [0.3, 0.4) is 0 Å². The molecule has 0 aliphatic rings. The molecular formula is C22H23NO5.